The van der Waals surface area contributed by atoms with Gasteiger partial charge >= 0.3 is 0 Å². The molecule has 3 heterocycles. The Morgan fingerprint density at radius 3 is 2.55 bits per heavy atom. The monoisotopic (exact) mass is 508 g/mol. The van der Waals surface area contributed by atoms with Crippen LogP contribution in [0.4, 0.5) is 5.82 Å². The smallest absolute Gasteiger partial charge is 0.218 e. The largest absolute Gasteiger partial charge is 0.496 e. The van der Waals surface area contributed by atoms with E-state index in [9.17, 15) is 0 Å². The van der Waals surface area contributed by atoms with Crippen molar-refractivity contribution in [3.63, 3.8) is 0 Å². The molecule has 0 radical (unpaired) electrons. The van der Waals surface area contributed by atoms with E-state index in [4.69, 9.17) is 19.6 Å². The van der Waals surface area contributed by atoms with E-state index in [1.165, 1.54) is 0 Å². The van der Waals surface area contributed by atoms with E-state index in [-0.39, 0.29) is 12.1 Å². The molecule has 38 heavy (non-hydrogen) atoms. The minimum Gasteiger partial charge on any atom is -0.496 e. The van der Waals surface area contributed by atoms with Gasteiger partial charge < -0.3 is 19.4 Å². The highest BCUT2D eigenvalue weighted by molar-refractivity contribution is 5.99. The van der Waals surface area contributed by atoms with Gasteiger partial charge in [-0.1, -0.05) is 42.5 Å². The molecule has 0 spiro atoms. The van der Waals surface area contributed by atoms with Gasteiger partial charge in [-0.3, -0.25) is 0 Å². The molecule has 1 saturated carbocycles. The molecule has 1 N–H and O–H groups in total. The number of methoxy groups -OCH3 is 2. The number of rotatable bonds is 7. The average molecular weight is 509 g/mol. The molecule has 5 aromatic rings. The van der Waals surface area contributed by atoms with E-state index < -0.39 is 0 Å². The van der Waals surface area contributed by atoms with Crippen LogP contribution in [0.3, 0.4) is 0 Å². The van der Waals surface area contributed by atoms with E-state index in [2.05, 4.69) is 53.8 Å². The van der Waals surface area contributed by atoms with Gasteiger partial charge in [0.05, 0.1) is 13.2 Å². The second-order valence-electron chi connectivity index (χ2n) is 9.87. The number of hydrogen-bond donors (Lipinski definition) is 1. The predicted octanol–water partition coefficient (Wildman–Crippen LogP) is 5.76. The summed E-state index contributed by atoms with van der Waals surface area (Å²) >= 11 is 0. The van der Waals surface area contributed by atoms with Gasteiger partial charge in [0.25, 0.3) is 0 Å². The average Bonchev–Trinajstić information content (AvgIpc) is 3.67. The van der Waals surface area contributed by atoms with Gasteiger partial charge in [0.15, 0.2) is 11.6 Å². The molecule has 2 aromatic carbocycles. The maximum Gasteiger partial charge on any atom is 0.218 e. The summed E-state index contributed by atoms with van der Waals surface area (Å²) < 4.78 is 15.2. The van der Waals surface area contributed by atoms with Crippen molar-refractivity contribution < 1.29 is 9.47 Å². The van der Waals surface area contributed by atoms with Crippen LogP contribution in [0.15, 0.2) is 67.1 Å². The summed E-state index contributed by atoms with van der Waals surface area (Å²) in [7, 11) is 5.46. The van der Waals surface area contributed by atoms with Crippen molar-refractivity contribution in [2.24, 2.45) is 7.05 Å². The van der Waals surface area contributed by atoms with E-state index >= 15 is 0 Å². The van der Waals surface area contributed by atoms with Gasteiger partial charge in [-0.25, -0.2) is 14.5 Å². The normalized spacial score (nSPS) is 17.3. The Labute approximate surface area is 222 Å². The number of ether oxygens (including phenoxy) is 2. The van der Waals surface area contributed by atoms with Gasteiger partial charge in [0.1, 0.15) is 11.3 Å². The van der Waals surface area contributed by atoms with Crippen molar-refractivity contribution in [2.45, 2.75) is 38.3 Å². The van der Waals surface area contributed by atoms with Crippen LogP contribution in [0.1, 0.15) is 24.8 Å². The molecular weight excluding hydrogens is 476 g/mol. The standard InChI is InChI=1S/C30H32N6O2/c1-19-23(11-8-12-25(19)38-4)24-18-36-27(26(24)20-9-6-5-7-10-20)28(32-21-13-14-22(17-21)37-3)33-29(34-36)30-31-15-16-35(30)2/h5-12,15-16,18,21-22H,13-14,17H2,1-4H3,(H,32,33,34)/t21-,22+/m1/s1. The van der Waals surface area contributed by atoms with Crippen molar-refractivity contribution in [2.75, 3.05) is 19.5 Å². The molecule has 6 rings (SSSR count). The number of hydrogen-bond acceptors (Lipinski definition) is 6. The van der Waals surface area contributed by atoms with Gasteiger partial charge in [-0.05, 0) is 48.9 Å². The Hall–Kier alpha value is -4.17. The summed E-state index contributed by atoms with van der Waals surface area (Å²) in [4.78, 5) is 9.61. The molecule has 2 atom stereocenters. The van der Waals surface area contributed by atoms with Crippen LogP contribution in [-0.4, -0.2) is 50.5 Å². The number of imidazole rings is 1. The summed E-state index contributed by atoms with van der Waals surface area (Å²) in [6.45, 7) is 2.10. The molecule has 0 unspecified atom stereocenters. The fraction of sp³-hybridized carbons (Fsp3) is 0.300. The van der Waals surface area contributed by atoms with Crippen LogP contribution in [0.5, 0.6) is 5.75 Å². The number of anilines is 1. The lowest BCUT2D eigenvalue weighted by Gasteiger charge is -2.17. The van der Waals surface area contributed by atoms with Crippen LogP contribution in [0, 0.1) is 6.92 Å². The molecule has 8 nitrogen and oxygen atoms in total. The molecule has 0 amide bonds. The van der Waals surface area contributed by atoms with Crippen LogP contribution in [-0.2, 0) is 11.8 Å². The van der Waals surface area contributed by atoms with Crippen molar-refractivity contribution >= 4 is 11.3 Å². The minimum absolute atomic E-state index is 0.258. The Balaban J connectivity index is 1.63. The zero-order valence-electron chi connectivity index (χ0n) is 22.2. The minimum atomic E-state index is 0.258. The third-order valence-electron chi connectivity index (χ3n) is 7.57. The van der Waals surface area contributed by atoms with Gasteiger partial charge in [0.2, 0.25) is 5.82 Å². The molecule has 8 heteroatoms. The first kappa shape index (κ1) is 24.2. The van der Waals surface area contributed by atoms with Gasteiger partial charge in [-0.2, -0.15) is 0 Å². The summed E-state index contributed by atoms with van der Waals surface area (Å²) in [6, 6.07) is 16.9. The third-order valence-corrected chi connectivity index (χ3v) is 7.57. The van der Waals surface area contributed by atoms with Crippen LogP contribution < -0.4 is 10.1 Å². The summed E-state index contributed by atoms with van der Waals surface area (Å²) in [5.74, 6) is 2.93. The Kier molecular flexibility index (Phi) is 6.33. The molecule has 0 bridgehead atoms. The van der Waals surface area contributed by atoms with Crippen molar-refractivity contribution in [3.8, 4) is 39.7 Å². The lowest BCUT2D eigenvalue weighted by atomic mass is 9.94. The highest BCUT2D eigenvalue weighted by atomic mass is 16.5. The zero-order chi connectivity index (χ0) is 26.2. The topological polar surface area (TPSA) is 78.5 Å². The summed E-state index contributed by atoms with van der Waals surface area (Å²) in [5, 5.41) is 8.74. The van der Waals surface area contributed by atoms with E-state index in [0.717, 1.165) is 64.2 Å². The molecular formula is C30H32N6O2. The maximum atomic E-state index is 5.67. The molecule has 0 aliphatic heterocycles. The zero-order valence-corrected chi connectivity index (χ0v) is 22.2. The first-order valence-electron chi connectivity index (χ1n) is 13.0. The molecule has 194 valence electrons. The fourth-order valence-electron chi connectivity index (χ4n) is 5.57. The molecule has 0 saturated heterocycles. The number of nitrogens with zero attached hydrogens (tertiary/aromatic N) is 5. The first-order chi connectivity index (χ1) is 18.6. The second kappa shape index (κ2) is 9.95. The molecule has 1 aliphatic carbocycles. The Morgan fingerprint density at radius 2 is 1.84 bits per heavy atom. The second-order valence-corrected chi connectivity index (χ2v) is 9.87. The summed E-state index contributed by atoms with van der Waals surface area (Å²) in [5.41, 5.74) is 6.37. The van der Waals surface area contributed by atoms with Crippen molar-refractivity contribution in [1.29, 1.82) is 0 Å². The quantitative estimate of drug-likeness (QED) is 0.301. The van der Waals surface area contributed by atoms with E-state index in [1.54, 1.807) is 20.4 Å². The SMILES string of the molecule is COc1cccc(-c2cn3nc(-c4nccn4C)nc(N[C@@H]4CC[C@H](OC)C4)c3c2-c2ccccc2)c1C. The number of aryl methyl sites for hydroxylation is 1. The van der Waals surface area contributed by atoms with Crippen molar-refractivity contribution in [3.05, 3.63) is 72.7 Å². The van der Waals surface area contributed by atoms with Crippen LogP contribution in [0.25, 0.3) is 39.4 Å². The van der Waals surface area contributed by atoms with Crippen molar-refractivity contribution in [1.82, 2.24) is 24.1 Å². The lowest BCUT2D eigenvalue weighted by Crippen LogP contribution is -2.19. The van der Waals surface area contributed by atoms with Crippen LogP contribution >= 0.6 is 0 Å². The number of benzene rings is 2. The highest BCUT2D eigenvalue weighted by Crippen LogP contribution is 2.42. The molecule has 1 aliphatic rings. The number of aromatic nitrogens is 5. The van der Waals surface area contributed by atoms with Gasteiger partial charge in [-0.15, -0.1) is 5.10 Å². The van der Waals surface area contributed by atoms with Crippen LogP contribution in [0.2, 0.25) is 0 Å². The number of fused-ring (bicyclic) bond motifs is 1. The Morgan fingerprint density at radius 1 is 1.00 bits per heavy atom. The van der Waals surface area contributed by atoms with E-state index in [1.807, 2.05) is 40.5 Å². The Bertz CT molecular complexity index is 1590. The van der Waals surface area contributed by atoms with Gasteiger partial charge in [0, 0.05) is 49.9 Å². The summed E-state index contributed by atoms with van der Waals surface area (Å²) in [6.07, 6.45) is 9.03. The highest BCUT2D eigenvalue weighted by Gasteiger charge is 2.28. The third kappa shape index (κ3) is 4.20. The first-order valence-corrected chi connectivity index (χ1v) is 13.0. The number of nitrogens with one attached hydrogen (secondary N) is 1. The predicted molar refractivity (Wildman–Crippen MR) is 149 cm³/mol. The molecule has 3 aromatic heterocycles. The molecule has 1 fully saturated rings. The maximum absolute atomic E-state index is 5.67. The van der Waals surface area contributed by atoms with E-state index in [0.29, 0.717) is 11.6 Å². The fourth-order valence-corrected chi connectivity index (χ4v) is 5.57. The lowest BCUT2D eigenvalue weighted by molar-refractivity contribution is 0.108.